The molecule has 0 spiro atoms. The van der Waals surface area contributed by atoms with Crippen LogP contribution >= 0.6 is 0 Å². The van der Waals surface area contributed by atoms with E-state index in [4.69, 9.17) is 9.84 Å². The van der Waals surface area contributed by atoms with Crippen LogP contribution in [-0.4, -0.2) is 40.7 Å². The van der Waals surface area contributed by atoms with Gasteiger partial charge in [0.05, 0.1) is 0 Å². The molecule has 1 unspecified atom stereocenters. The van der Waals surface area contributed by atoms with Gasteiger partial charge >= 0.3 is 12.1 Å². The van der Waals surface area contributed by atoms with Crippen LogP contribution < -0.4 is 10.6 Å². The molecule has 1 atom stereocenters. The average Bonchev–Trinajstić information content (AvgIpc) is 3.15. The number of anilines is 1. The summed E-state index contributed by atoms with van der Waals surface area (Å²) < 4.78 is 5.52. The first-order chi connectivity index (χ1) is 16.4. The summed E-state index contributed by atoms with van der Waals surface area (Å²) in [6.07, 6.45) is -0.404. The minimum atomic E-state index is -0.923. The van der Waals surface area contributed by atoms with Gasteiger partial charge in [0.15, 0.2) is 0 Å². The molecule has 1 heterocycles. The van der Waals surface area contributed by atoms with E-state index in [-0.39, 0.29) is 36.5 Å². The molecule has 3 N–H and O–H groups in total. The number of carbonyl (C=O) groups excluding carboxylic acids is 2. The zero-order valence-electron chi connectivity index (χ0n) is 18.7. The first-order valence-electron chi connectivity index (χ1n) is 11.0. The Morgan fingerprint density at radius 2 is 1.62 bits per heavy atom. The van der Waals surface area contributed by atoms with Crippen LogP contribution in [0.4, 0.5) is 10.6 Å². The van der Waals surface area contributed by atoms with E-state index in [1.807, 2.05) is 36.4 Å². The van der Waals surface area contributed by atoms with Crippen molar-refractivity contribution in [2.24, 2.45) is 0 Å². The third kappa shape index (κ3) is 5.23. The summed E-state index contributed by atoms with van der Waals surface area (Å²) in [6.45, 7) is 1.89. The summed E-state index contributed by atoms with van der Waals surface area (Å²) in [7, 11) is 0. The van der Waals surface area contributed by atoms with Gasteiger partial charge in [-0.1, -0.05) is 54.6 Å². The van der Waals surface area contributed by atoms with Crippen molar-refractivity contribution in [2.45, 2.75) is 31.7 Å². The summed E-state index contributed by atoms with van der Waals surface area (Å²) in [5.41, 5.74) is 4.63. The highest BCUT2D eigenvalue weighted by Crippen LogP contribution is 2.44. The van der Waals surface area contributed by atoms with E-state index in [0.29, 0.717) is 6.42 Å². The number of carboxylic acids is 1. The number of ether oxygens (including phenoxy) is 1. The van der Waals surface area contributed by atoms with Gasteiger partial charge in [0.2, 0.25) is 0 Å². The van der Waals surface area contributed by atoms with Gasteiger partial charge < -0.3 is 15.2 Å². The topological polar surface area (TPSA) is 118 Å². The van der Waals surface area contributed by atoms with Crippen LogP contribution in [0.2, 0.25) is 0 Å². The molecule has 4 rings (SSSR count). The molecule has 0 radical (unpaired) electrons. The van der Waals surface area contributed by atoms with E-state index in [0.717, 1.165) is 22.3 Å². The third-order valence-electron chi connectivity index (χ3n) is 5.72. The molecular weight excluding hydrogens is 434 g/mol. The van der Waals surface area contributed by atoms with Crippen molar-refractivity contribution < 1.29 is 24.2 Å². The highest BCUT2D eigenvalue weighted by Gasteiger charge is 2.29. The molecule has 0 saturated heterocycles. The lowest BCUT2D eigenvalue weighted by atomic mass is 9.98. The Hall–Kier alpha value is -4.20. The van der Waals surface area contributed by atoms with E-state index in [2.05, 4.69) is 27.8 Å². The van der Waals surface area contributed by atoms with Gasteiger partial charge in [-0.2, -0.15) is 0 Å². The van der Waals surface area contributed by atoms with E-state index in [9.17, 15) is 14.4 Å². The SMILES string of the molecule is CC(CCC(=O)O)NC(=O)c1cccc(NC(=O)OCC2c3ccccc3-c3ccccc32)n1. The number of nitrogens with zero attached hydrogens (tertiary/aromatic N) is 1. The number of aromatic nitrogens is 1. The number of hydrogen-bond acceptors (Lipinski definition) is 5. The normalized spacial score (nSPS) is 12.9. The second kappa shape index (κ2) is 10.2. The summed E-state index contributed by atoms with van der Waals surface area (Å²) in [6, 6.07) is 20.5. The maximum atomic E-state index is 12.5. The maximum absolute atomic E-state index is 12.5. The van der Waals surface area contributed by atoms with Gasteiger partial charge in [0.1, 0.15) is 18.1 Å². The number of hydrogen-bond donors (Lipinski definition) is 3. The zero-order valence-corrected chi connectivity index (χ0v) is 18.7. The summed E-state index contributed by atoms with van der Waals surface area (Å²) in [5, 5.41) is 14.0. The number of carboxylic acid groups (broad SMARTS) is 1. The minimum Gasteiger partial charge on any atom is -0.481 e. The van der Waals surface area contributed by atoms with Gasteiger partial charge in [0.25, 0.3) is 5.91 Å². The number of pyridine rings is 1. The van der Waals surface area contributed by atoms with E-state index in [1.165, 1.54) is 6.07 Å². The predicted molar refractivity (Wildman–Crippen MR) is 127 cm³/mol. The summed E-state index contributed by atoms with van der Waals surface area (Å²) in [4.78, 5) is 39.7. The minimum absolute atomic E-state index is 0.0434. The van der Waals surface area contributed by atoms with Crippen LogP contribution in [0.1, 0.15) is 47.3 Å². The highest BCUT2D eigenvalue weighted by molar-refractivity contribution is 5.93. The Labute approximate surface area is 197 Å². The number of aliphatic carboxylic acids is 1. The number of benzene rings is 2. The summed E-state index contributed by atoms with van der Waals surface area (Å²) in [5.74, 6) is -1.25. The van der Waals surface area contributed by atoms with Crippen LogP contribution in [0.3, 0.4) is 0 Å². The van der Waals surface area contributed by atoms with Crippen molar-refractivity contribution in [1.29, 1.82) is 0 Å². The molecule has 2 aromatic carbocycles. The van der Waals surface area contributed by atoms with Crippen LogP contribution in [0.25, 0.3) is 11.1 Å². The van der Waals surface area contributed by atoms with Crippen molar-refractivity contribution in [3.63, 3.8) is 0 Å². The fourth-order valence-electron chi connectivity index (χ4n) is 4.08. The number of carbonyl (C=O) groups is 3. The molecule has 1 aliphatic rings. The second-order valence-corrected chi connectivity index (χ2v) is 8.17. The van der Waals surface area contributed by atoms with Crippen molar-refractivity contribution in [2.75, 3.05) is 11.9 Å². The largest absolute Gasteiger partial charge is 0.481 e. The summed E-state index contributed by atoms with van der Waals surface area (Å²) >= 11 is 0. The van der Waals surface area contributed by atoms with Crippen LogP contribution in [0.15, 0.2) is 66.7 Å². The monoisotopic (exact) mass is 459 g/mol. The number of rotatable bonds is 8. The molecule has 0 bridgehead atoms. The molecular formula is C26H25N3O5. The van der Waals surface area contributed by atoms with E-state index < -0.39 is 18.0 Å². The first-order valence-corrected chi connectivity index (χ1v) is 11.0. The molecule has 0 aliphatic heterocycles. The first kappa shape index (κ1) is 23.0. The Bertz CT molecular complexity index is 1180. The Morgan fingerprint density at radius 1 is 0.971 bits per heavy atom. The fraction of sp³-hybridized carbons (Fsp3) is 0.231. The van der Waals surface area contributed by atoms with Gasteiger partial charge in [-0.3, -0.25) is 14.9 Å². The molecule has 1 aliphatic carbocycles. The maximum Gasteiger partial charge on any atom is 0.412 e. The molecule has 0 saturated carbocycles. The van der Waals surface area contributed by atoms with Crippen LogP contribution in [0, 0.1) is 0 Å². The Morgan fingerprint density at radius 3 is 2.26 bits per heavy atom. The molecule has 34 heavy (non-hydrogen) atoms. The van der Waals surface area contributed by atoms with Gasteiger partial charge in [-0.15, -0.1) is 0 Å². The third-order valence-corrected chi connectivity index (χ3v) is 5.72. The fourth-order valence-corrected chi connectivity index (χ4v) is 4.08. The smallest absolute Gasteiger partial charge is 0.412 e. The van der Waals surface area contributed by atoms with Crippen molar-refractivity contribution >= 4 is 23.8 Å². The van der Waals surface area contributed by atoms with Gasteiger partial charge in [0, 0.05) is 18.4 Å². The van der Waals surface area contributed by atoms with Crippen LogP contribution in [-0.2, 0) is 9.53 Å². The molecule has 8 heteroatoms. The number of nitrogens with one attached hydrogen (secondary N) is 2. The molecule has 0 fully saturated rings. The lowest BCUT2D eigenvalue weighted by Crippen LogP contribution is -2.33. The molecule has 2 amide bonds. The highest BCUT2D eigenvalue weighted by atomic mass is 16.5. The van der Waals surface area contributed by atoms with Crippen LogP contribution in [0.5, 0.6) is 0 Å². The average molecular weight is 460 g/mol. The molecule has 8 nitrogen and oxygen atoms in total. The molecule has 3 aromatic rings. The number of fused-ring (bicyclic) bond motifs is 3. The van der Waals surface area contributed by atoms with Crippen molar-refractivity contribution in [3.05, 3.63) is 83.6 Å². The van der Waals surface area contributed by atoms with Gasteiger partial charge in [-0.25, -0.2) is 9.78 Å². The van der Waals surface area contributed by atoms with Crippen molar-refractivity contribution in [3.8, 4) is 11.1 Å². The Kier molecular flexibility index (Phi) is 6.87. The lowest BCUT2D eigenvalue weighted by molar-refractivity contribution is -0.137. The standard InChI is InChI=1S/C26H25N3O5/c1-16(13-14-24(30)31)27-25(32)22-11-6-12-23(28-22)29-26(33)34-15-21-19-9-4-2-7-17(19)18-8-3-5-10-20(18)21/h2-12,16,21H,13-15H2,1H3,(H,27,32)(H,30,31)(H,28,29,33). The Balaban J connectivity index is 1.36. The van der Waals surface area contributed by atoms with E-state index >= 15 is 0 Å². The van der Waals surface area contributed by atoms with Crippen molar-refractivity contribution in [1.82, 2.24) is 10.3 Å². The molecule has 174 valence electrons. The number of amides is 2. The zero-order chi connectivity index (χ0) is 24.1. The molecule has 1 aromatic heterocycles. The van der Waals surface area contributed by atoms with Gasteiger partial charge in [-0.05, 0) is 47.7 Å². The van der Waals surface area contributed by atoms with E-state index in [1.54, 1.807) is 19.1 Å². The second-order valence-electron chi connectivity index (χ2n) is 8.17. The lowest BCUT2D eigenvalue weighted by Gasteiger charge is -2.15. The quantitative estimate of drug-likeness (QED) is 0.459. The predicted octanol–water partition coefficient (Wildman–Crippen LogP) is 4.43.